The molecule has 1 aliphatic heterocycles. The van der Waals surface area contributed by atoms with Gasteiger partial charge in [-0.05, 0) is 35.4 Å². The summed E-state index contributed by atoms with van der Waals surface area (Å²) in [6.45, 7) is 0. The van der Waals surface area contributed by atoms with E-state index in [1.54, 1.807) is 18.2 Å². The van der Waals surface area contributed by atoms with Crippen LogP contribution in [0, 0.1) is 0 Å². The van der Waals surface area contributed by atoms with E-state index in [2.05, 4.69) is 20.6 Å². The van der Waals surface area contributed by atoms with Crippen molar-refractivity contribution in [3.05, 3.63) is 45.8 Å². The minimum atomic E-state index is -0.372. The van der Waals surface area contributed by atoms with E-state index in [0.717, 1.165) is 11.3 Å². The molecule has 6 nitrogen and oxygen atoms in total. The summed E-state index contributed by atoms with van der Waals surface area (Å²) in [7, 11) is 0. The van der Waals surface area contributed by atoms with Crippen LogP contribution in [0.25, 0.3) is 0 Å². The summed E-state index contributed by atoms with van der Waals surface area (Å²) >= 11 is 11.4. The first-order chi connectivity index (χ1) is 10.0. The van der Waals surface area contributed by atoms with Gasteiger partial charge in [0.15, 0.2) is 0 Å². The van der Waals surface area contributed by atoms with E-state index < -0.39 is 0 Å². The lowest BCUT2D eigenvalue weighted by molar-refractivity contribution is -0.115. The second-order valence-electron chi connectivity index (χ2n) is 4.40. The summed E-state index contributed by atoms with van der Waals surface area (Å²) < 4.78 is 0. The van der Waals surface area contributed by atoms with Crippen molar-refractivity contribution in [2.24, 2.45) is 0 Å². The Balaban J connectivity index is 1.83. The topological polar surface area (TPSA) is 84.0 Å². The summed E-state index contributed by atoms with van der Waals surface area (Å²) in [5.41, 5.74) is 1.92. The van der Waals surface area contributed by atoms with Crippen LogP contribution in [-0.4, -0.2) is 21.8 Å². The Morgan fingerprint density at radius 2 is 2.05 bits per heavy atom. The molecule has 21 heavy (non-hydrogen) atoms. The predicted molar refractivity (Wildman–Crippen MR) is 78.8 cm³/mol. The van der Waals surface area contributed by atoms with Crippen molar-refractivity contribution >= 4 is 46.5 Å². The normalized spacial score (nSPS) is 12.8. The lowest BCUT2D eigenvalue weighted by Crippen LogP contribution is -2.13. The number of hydrogen-bond acceptors (Lipinski definition) is 4. The molecular formula is C13H8Cl2N4O2. The van der Waals surface area contributed by atoms with Gasteiger partial charge in [0.05, 0.1) is 6.42 Å². The van der Waals surface area contributed by atoms with Crippen molar-refractivity contribution in [3.8, 4) is 0 Å². The van der Waals surface area contributed by atoms with Crippen LogP contribution >= 0.6 is 23.2 Å². The first-order valence-electron chi connectivity index (χ1n) is 5.95. The molecule has 106 valence electrons. The molecule has 1 aromatic heterocycles. The third-order valence-corrected chi connectivity index (χ3v) is 3.26. The summed E-state index contributed by atoms with van der Waals surface area (Å²) in [6.07, 6.45) is 0.265. The monoisotopic (exact) mass is 322 g/mol. The second kappa shape index (κ2) is 5.31. The van der Waals surface area contributed by atoms with E-state index in [1.165, 1.54) is 6.07 Å². The number of amides is 2. The number of carbonyl (C=O) groups is 2. The van der Waals surface area contributed by atoms with E-state index in [4.69, 9.17) is 23.2 Å². The Morgan fingerprint density at radius 3 is 2.81 bits per heavy atom. The quantitative estimate of drug-likeness (QED) is 0.657. The second-order valence-corrected chi connectivity index (χ2v) is 5.12. The van der Waals surface area contributed by atoms with Crippen LogP contribution in [0.1, 0.15) is 15.9 Å². The van der Waals surface area contributed by atoms with Gasteiger partial charge in [-0.15, -0.1) is 0 Å². The average molecular weight is 323 g/mol. The Hall–Kier alpha value is -2.18. The molecule has 2 amide bonds. The number of carbonyl (C=O) groups excluding carboxylic acids is 2. The van der Waals surface area contributed by atoms with Gasteiger partial charge in [0, 0.05) is 17.3 Å². The van der Waals surface area contributed by atoms with Crippen molar-refractivity contribution in [1.29, 1.82) is 0 Å². The van der Waals surface area contributed by atoms with Gasteiger partial charge < -0.3 is 10.6 Å². The first kappa shape index (κ1) is 13.8. The zero-order valence-corrected chi connectivity index (χ0v) is 12.0. The van der Waals surface area contributed by atoms with Gasteiger partial charge in [0.2, 0.25) is 11.2 Å². The smallest absolute Gasteiger partial charge is 0.256 e. The lowest BCUT2D eigenvalue weighted by Gasteiger charge is -2.06. The fourth-order valence-electron chi connectivity index (χ4n) is 2.01. The van der Waals surface area contributed by atoms with E-state index in [-0.39, 0.29) is 34.5 Å². The molecule has 0 unspecified atom stereocenters. The number of aromatic nitrogens is 2. The van der Waals surface area contributed by atoms with Crippen molar-refractivity contribution in [3.63, 3.8) is 0 Å². The highest BCUT2D eigenvalue weighted by Gasteiger charge is 2.19. The number of anilines is 2. The highest BCUT2D eigenvalue weighted by molar-refractivity contribution is 6.32. The predicted octanol–water partition coefficient (Wildman–Crippen LogP) is 2.53. The SMILES string of the molecule is O=C1Cc2cc(C(=O)Nc3cc(Cl)nc(Cl)n3)ccc2N1. The molecule has 0 saturated heterocycles. The molecule has 8 heteroatoms. The molecular weight excluding hydrogens is 315 g/mol. The Bertz CT molecular complexity index is 744. The summed E-state index contributed by atoms with van der Waals surface area (Å²) in [6, 6.07) is 6.36. The molecule has 0 aliphatic carbocycles. The van der Waals surface area contributed by atoms with Crippen LogP contribution in [0.4, 0.5) is 11.5 Å². The molecule has 0 fully saturated rings. The zero-order chi connectivity index (χ0) is 15.0. The van der Waals surface area contributed by atoms with Gasteiger partial charge in [-0.1, -0.05) is 11.6 Å². The van der Waals surface area contributed by atoms with Crippen molar-refractivity contribution < 1.29 is 9.59 Å². The van der Waals surface area contributed by atoms with Gasteiger partial charge in [0.1, 0.15) is 11.0 Å². The fourth-order valence-corrected chi connectivity index (χ4v) is 2.42. The molecule has 0 radical (unpaired) electrons. The lowest BCUT2D eigenvalue weighted by atomic mass is 10.1. The Morgan fingerprint density at radius 1 is 1.24 bits per heavy atom. The van der Waals surface area contributed by atoms with Gasteiger partial charge in [0.25, 0.3) is 5.91 Å². The van der Waals surface area contributed by atoms with Crippen LogP contribution in [0.2, 0.25) is 10.4 Å². The molecule has 2 N–H and O–H groups in total. The Kier molecular flexibility index (Phi) is 3.48. The molecule has 1 aliphatic rings. The van der Waals surface area contributed by atoms with E-state index in [1.807, 2.05) is 0 Å². The number of fused-ring (bicyclic) bond motifs is 1. The maximum atomic E-state index is 12.2. The third-order valence-electron chi connectivity index (χ3n) is 2.90. The number of rotatable bonds is 2. The number of nitrogens with one attached hydrogen (secondary N) is 2. The summed E-state index contributed by atoms with van der Waals surface area (Å²) in [4.78, 5) is 31.0. The highest BCUT2D eigenvalue weighted by atomic mass is 35.5. The largest absolute Gasteiger partial charge is 0.326 e. The van der Waals surface area contributed by atoms with Gasteiger partial charge >= 0.3 is 0 Å². The van der Waals surface area contributed by atoms with Crippen LogP contribution in [0.3, 0.4) is 0 Å². The zero-order valence-electron chi connectivity index (χ0n) is 10.5. The van der Waals surface area contributed by atoms with E-state index >= 15 is 0 Å². The van der Waals surface area contributed by atoms with E-state index in [0.29, 0.717) is 5.56 Å². The maximum Gasteiger partial charge on any atom is 0.256 e. The van der Waals surface area contributed by atoms with Crippen molar-refractivity contribution in [2.45, 2.75) is 6.42 Å². The average Bonchev–Trinajstić information content (AvgIpc) is 2.76. The number of halogens is 2. The molecule has 1 aromatic carbocycles. The molecule has 0 saturated carbocycles. The Labute approximate surface area is 129 Å². The van der Waals surface area contributed by atoms with Gasteiger partial charge in [-0.3, -0.25) is 9.59 Å². The number of benzene rings is 1. The highest BCUT2D eigenvalue weighted by Crippen LogP contribution is 2.24. The number of hydrogen-bond donors (Lipinski definition) is 2. The molecule has 2 heterocycles. The fraction of sp³-hybridized carbons (Fsp3) is 0.0769. The van der Waals surface area contributed by atoms with E-state index in [9.17, 15) is 9.59 Å². The molecule has 3 rings (SSSR count). The minimum Gasteiger partial charge on any atom is -0.326 e. The molecule has 0 atom stereocenters. The van der Waals surface area contributed by atoms with Gasteiger partial charge in [-0.25, -0.2) is 9.97 Å². The standard InChI is InChI=1S/C13H8Cl2N4O2/c14-9-5-10(19-13(15)17-9)18-12(21)6-1-2-8-7(3-6)4-11(20)16-8/h1-3,5H,4H2,(H,16,20)(H,17,18,19,21). The minimum absolute atomic E-state index is 0.0541. The van der Waals surface area contributed by atoms with Crippen LogP contribution < -0.4 is 10.6 Å². The first-order valence-corrected chi connectivity index (χ1v) is 6.71. The molecule has 0 bridgehead atoms. The van der Waals surface area contributed by atoms with Gasteiger partial charge in [-0.2, -0.15) is 0 Å². The third kappa shape index (κ3) is 2.96. The van der Waals surface area contributed by atoms with Crippen LogP contribution in [0.5, 0.6) is 0 Å². The molecule has 2 aromatic rings. The molecule has 0 spiro atoms. The summed E-state index contributed by atoms with van der Waals surface area (Å²) in [5, 5.41) is 5.36. The maximum absolute atomic E-state index is 12.2. The number of nitrogens with zero attached hydrogens (tertiary/aromatic N) is 2. The van der Waals surface area contributed by atoms with Crippen LogP contribution in [0.15, 0.2) is 24.3 Å². The summed E-state index contributed by atoms with van der Waals surface area (Å²) in [5.74, 6) is -0.250. The van der Waals surface area contributed by atoms with Crippen molar-refractivity contribution in [1.82, 2.24) is 9.97 Å². The van der Waals surface area contributed by atoms with Crippen molar-refractivity contribution in [2.75, 3.05) is 10.6 Å². The van der Waals surface area contributed by atoms with Crippen LogP contribution in [-0.2, 0) is 11.2 Å².